The monoisotopic (exact) mass is 597 g/mol. The Kier molecular flexibility index (Phi) is 7.61. The predicted molar refractivity (Wildman–Crippen MR) is 139 cm³/mol. The van der Waals surface area contributed by atoms with Gasteiger partial charge in [-0.3, -0.25) is 4.68 Å². The van der Waals surface area contributed by atoms with Crippen LogP contribution in [0.4, 0.5) is 14.5 Å². The summed E-state index contributed by atoms with van der Waals surface area (Å²) in [4.78, 5) is 11.7. The maximum absolute atomic E-state index is 15.0. The van der Waals surface area contributed by atoms with Gasteiger partial charge in [0.25, 0.3) is 20.0 Å². The van der Waals surface area contributed by atoms with Gasteiger partial charge in [-0.15, -0.1) is 0 Å². The standard InChI is InChI=1S/C26H17F2N5O6S2/c1-32-25(26(34)39-2)24(23(31-32)21-12-7-18(27)13-22(21)28)33(40(35,36)19-8-3-16(14-29)4-9-19)41(37,38)20-10-5-17(15-30)6-11-20/h3-13H,1-2H3. The fraction of sp³-hybridized carbons (Fsp3) is 0.0769. The average molecular weight is 598 g/mol. The Balaban J connectivity index is 2.16. The minimum atomic E-state index is -5.19. The number of esters is 1. The lowest BCUT2D eigenvalue weighted by molar-refractivity contribution is 0.0589. The normalized spacial score (nSPS) is 11.4. The van der Waals surface area contributed by atoms with Crippen molar-refractivity contribution in [1.29, 1.82) is 10.5 Å². The summed E-state index contributed by atoms with van der Waals surface area (Å²) in [5.74, 6) is -3.43. The Morgan fingerprint density at radius 2 is 1.37 bits per heavy atom. The van der Waals surface area contributed by atoms with E-state index >= 15 is 4.39 Å². The van der Waals surface area contributed by atoms with E-state index in [1.807, 2.05) is 12.1 Å². The molecule has 208 valence electrons. The first-order valence-corrected chi connectivity index (χ1v) is 14.2. The van der Waals surface area contributed by atoms with E-state index in [1.165, 1.54) is 7.05 Å². The highest BCUT2D eigenvalue weighted by Crippen LogP contribution is 2.41. The number of rotatable bonds is 7. The van der Waals surface area contributed by atoms with Crippen LogP contribution in [-0.2, 0) is 31.8 Å². The predicted octanol–water partition coefficient (Wildman–Crippen LogP) is 3.48. The zero-order valence-corrected chi connectivity index (χ0v) is 22.7. The molecule has 0 atom stereocenters. The molecule has 4 aromatic rings. The lowest BCUT2D eigenvalue weighted by Gasteiger charge is -2.25. The van der Waals surface area contributed by atoms with Crippen LogP contribution in [-0.4, -0.2) is 39.7 Å². The summed E-state index contributed by atoms with van der Waals surface area (Å²) in [7, 11) is -8.26. The minimum absolute atomic E-state index is 0.0659. The molecular weight excluding hydrogens is 580 g/mol. The fourth-order valence-corrected chi connectivity index (χ4v) is 7.56. The van der Waals surface area contributed by atoms with Crippen LogP contribution in [0.1, 0.15) is 21.6 Å². The highest BCUT2D eigenvalue weighted by molar-refractivity contribution is 8.10. The zero-order chi connectivity index (χ0) is 30.1. The van der Waals surface area contributed by atoms with Crippen LogP contribution >= 0.6 is 0 Å². The number of halogens is 2. The average Bonchev–Trinajstić information content (AvgIpc) is 3.27. The summed E-state index contributed by atoms with van der Waals surface area (Å²) in [6, 6.07) is 14.2. The maximum Gasteiger partial charge on any atom is 0.358 e. The number of benzene rings is 3. The van der Waals surface area contributed by atoms with E-state index in [4.69, 9.17) is 15.3 Å². The number of methoxy groups -OCH3 is 1. The summed E-state index contributed by atoms with van der Waals surface area (Å²) in [6.07, 6.45) is 0. The van der Waals surface area contributed by atoms with Gasteiger partial charge in [-0.1, -0.05) is 0 Å². The molecule has 0 unspecified atom stereocenters. The van der Waals surface area contributed by atoms with E-state index in [2.05, 4.69) is 5.10 Å². The number of aryl methyl sites for hydroxylation is 1. The number of hydrogen-bond donors (Lipinski definition) is 0. The van der Waals surface area contributed by atoms with Gasteiger partial charge in [-0.25, -0.2) is 30.4 Å². The highest BCUT2D eigenvalue weighted by Gasteiger charge is 2.43. The summed E-state index contributed by atoms with van der Waals surface area (Å²) in [6.45, 7) is 0. The van der Waals surface area contributed by atoms with E-state index in [0.29, 0.717) is 6.07 Å². The first-order valence-electron chi connectivity index (χ1n) is 11.3. The molecule has 0 aliphatic heterocycles. The molecular formula is C26H17F2N5O6S2. The molecule has 3 aromatic carbocycles. The Morgan fingerprint density at radius 1 is 0.878 bits per heavy atom. The first-order chi connectivity index (χ1) is 19.4. The third kappa shape index (κ3) is 5.11. The number of carbonyl (C=O) groups is 1. The SMILES string of the molecule is COC(=O)c1c(N(S(=O)(=O)c2ccc(C#N)cc2)S(=O)(=O)c2ccc(C#N)cc2)c(-c2ccc(F)cc2F)nn1C. The van der Waals surface area contributed by atoms with Gasteiger partial charge in [0.05, 0.1) is 40.2 Å². The molecule has 0 saturated heterocycles. The van der Waals surface area contributed by atoms with Crippen LogP contribution in [0.5, 0.6) is 0 Å². The van der Waals surface area contributed by atoms with Gasteiger partial charge in [-0.05, 0) is 60.7 Å². The van der Waals surface area contributed by atoms with E-state index in [9.17, 15) is 26.0 Å². The Bertz CT molecular complexity index is 1890. The van der Waals surface area contributed by atoms with Crippen LogP contribution in [0, 0.1) is 34.3 Å². The van der Waals surface area contributed by atoms with Gasteiger partial charge in [0.15, 0.2) is 5.69 Å². The molecule has 41 heavy (non-hydrogen) atoms. The maximum atomic E-state index is 15.0. The summed E-state index contributed by atoms with van der Waals surface area (Å²) in [5.41, 5.74) is -2.63. The molecule has 0 aliphatic rings. The van der Waals surface area contributed by atoms with Crippen molar-refractivity contribution in [3.63, 3.8) is 0 Å². The van der Waals surface area contributed by atoms with E-state index in [-0.39, 0.29) is 14.8 Å². The van der Waals surface area contributed by atoms with E-state index < -0.39 is 70.1 Å². The molecule has 11 nitrogen and oxygen atoms in total. The summed E-state index contributed by atoms with van der Waals surface area (Å²) in [5, 5.41) is 22.3. The number of nitriles is 2. The highest BCUT2D eigenvalue weighted by atomic mass is 32.3. The number of aromatic nitrogens is 2. The quantitative estimate of drug-likeness (QED) is 0.290. The van der Waals surface area contributed by atoms with Crippen LogP contribution in [0.3, 0.4) is 0 Å². The number of sulfonamides is 2. The second kappa shape index (κ2) is 10.8. The molecule has 0 saturated carbocycles. The minimum Gasteiger partial charge on any atom is -0.464 e. The van der Waals surface area contributed by atoms with E-state index in [1.54, 1.807) is 0 Å². The van der Waals surface area contributed by atoms with Gasteiger partial charge < -0.3 is 4.74 Å². The topological polar surface area (TPSA) is 163 Å². The molecule has 1 heterocycles. The molecule has 1 aromatic heterocycles. The number of carbonyl (C=O) groups excluding carboxylic acids is 1. The summed E-state index contributed by atoms with van der Waals surface area (Å²) < 4.78 is 90.8. The van der Waals surface area contributed by atoms with Gasteiger partial charge >= 0.3 is 5.97 Å². The van der Waals surface area contributed by atoms with Gasteiger partial charge in [0, 0.05) is 18.7 Å². The molecule has 0 aliphatic carbocycles. The van der Waals surface area contributed by atoms with Crippen LogP contribution < -0.4 is 3.71 Å². The van der Waals surface area contributed by atoms with Gasteiger partial charge in [-0.2, -0.15) is 19.3 Å². The first kappa shape index (κ1) is 28.9. The Morgan fingerprint density at radius 3 is 1.78 bits per heavy atom. The number of ether oxygens (including phenoxy) is 1. The zero-order valence-electron chi connectivity index (χ0n) is 21.1. The number of anilines is 1. The molecule has 0 radical (unpaired) electrons. The molecule has 0 bridgehead atoms. The lowest BCUT2D eigenvalue weighted by atomic mass is 10.1. The van der Waals surface area contributed by atoms with Crippen LogP contribution in [0.25, 0.3) is 11.3 Å². The number of hydrogen-bond acceptors (Lipinski definition) is 9. The molecule has 0 spiro atoms. The van der Waals surface area contributed by atoms with Crippen molar-refractivity contribution in [2.75, 3.05) is 10.8 Å². The van der Waals surface area contributed by atoms with Crippen molar-refractivity contribution in [3.05, 3.63) is 95.2 Å². The van der Waals surface area contributed by atoms with E-state index in [0.717, 1.165) is 72.5 Å². The molecule has 15 heteroatoms. The van der Waals surface area contributed by atoms with Crippen molar-refractivity contribution in [2.45, 2.75) is 9.79 Å². The van der Waals surface area contributed by atoms with Crippen LogP contribution in [0.2, 0.25) is 0 Å². The fourth-order valence-electron chi connectivity index (χ4n) is 3.84. The molecule has 4 rings (SSSR count). The third-order valence-electron chi connectivity index (χ3n) is 5.77. The smallest absolute Gasteiger partial charge is 0.358 e. The largest absolute Gasteiger partial charge is 0.464 e. The second-order valence-corrected chi connectivity index (χ2v) is 12.1. The van der Waals surface area contributed by atoms with Crippen molar-refractivity contribution in [3.8, 4) is 23.4 Å². The molecule has 0 N–H and O–H groups in total. The Labute approximate surface area is 233 Å². The van der Waals surface area contributed by atoms with Gasteiger partial charge in [0.1, 0.15) is 23.0 Å². The Hall–Kier alpha value is -5.12. The third-order valence-corrected chi connectivity index (χ3v) is 9.92. The molecule has 0 amide bonds. The van der Waals surface area contributed by atoms with Crippen LogP contribution in [0.15, 0.2) is 76.5 Å². The lowest BCUT2D eigenvalue weighted by Crippen LogP contribution is -2.38. The summed E-state index contributed by atoms with van der Waals surface area (Å²) >= 11 is 0. The van der Waals surface area contributed by atoms with Crippen molar-refractivity contribution < 1.29 is 35.1 Å². The van der Waals surface area contributed by atoms with Crippen molar-refractivity contribution in [2.24, 2.45) is 7.05 Å². The molecule has 0 fully saturated rings. The van der Waals surface area contributed by atoms with Gasteiger partial charge in [0.2, 0.25) is 0 Å². The van der Waals surface area contributed by atoms with Crippen molar-refractivity contribution >= 4 is 31.7 Å². The van der Waals surface area contributed by atoms with Crippen molar-refractivity contribution in [1.82, 2.24) is 9.78 Å². The second-order valence-electron chi connectivity index (χ2n) is 8.26. The number of nitrogens with zero attached hydrogens (tertiary/aromatic N) is 5.